The molecule has 6 nitrogen and oxygen atoms in total. The van der Waals surface area contributed by atoms with Gasteiger partial charge in [0.15, 0.2) is 0 Å². The molecule has 2 aromatic heterocycles. The maximum atomic E-state index is 13.2. The number of pyridine rings is 1. The van der Waals surface area contributed by atoms with Gasteiger partial charge in [0.05, 0.1) is 23.9 Å². The highest BCUT2D eigenvalue weighted by Gasteiger charge is 2.39. The van der Waals surface area contributed by atoms with Crippen LogP contribution in [0.1, 0.15) is 42.9 Å². The molecule has 1 radical (unpaired) electrons. The number of aromatic nitrogens is 2. The van der Waals surface area contributed by atoms with E-state index >= 15 is 0 Å². The van der Waals surface area contributed by atoms with Crippen LogP contribution in [0.5, 0.6) is 0 Å². The average molecular weight is 459 g/mol. The van der Waals surface area contributed by atoms with Crippen LogP contribution >= 0.6 is 11.6 Å². The molecule has 0 aliphatic rings. The fourth-order valence-corrected chi connectivity index (χ4v) is 4.75. The Bertz CT molecular complexity index is 1030. The number of nitrogens with zero attached hydrogens (tertiary/aromatic N) is 1. The lowest BCUT2D eigenvalue weighted by Crippen LogP contribution is -2.54. The molecule has 0 aliphatic heterocycles. The molecule has 2 heterocycles. The molecule has 3 aromatic rings. The van der Waals surface area contributed by atoms with Crippen LogP contribution in [0.3, 0.4) is 0 Å². The number of aliphatic hydroxyl groups excluding tert-OH is 1. The number of rotatable bonds is 7. The van der Waals surface area contributed by atoms with E-state index in [4.69, 9.17) is 16.0 Å². The number of H-pyrrole nitrogens is 1. The minimum Gasteiger partial charge on any atom is -0.412 e. The Labute approximate surface area is 189 Å². The predicted octanol–water partition coefficient (Wildman–Crippen LogP) is 4.73. The SMILES string of the molecule is C[Si](C)OC([C@@H](NC(=O)c1cc2cc(Cl)ncc2[nH]1)[C@@H](O)c1ccccc1)C(C)(C)C. The number of nitrogens with one attached hydrogen (secondary N) is 2. The van der Waals surface area contributed by atoms with Crippen LogP contribution in [-0.2, 0) is 4.43 Å². The van der Waals surface area contributed by atoms with Crippen molar-refractivity contribution in [3.05, 3.63) is 65.1 Å². The van der Waals surface area contributed by atoms with E-state index in [-0.39, 0.29) is 11.3 Å². The summed E-state index contributed by atoms with van der Waals surface area (Å²) < 4.78 is 6.32. The van der Waals surface area contributed by atoms with Crippen molar-refractivity contribution in [3.63, 3.8) is 0 Å². The molecule has 1 amide bonds. The van der Waals surface area contributed by atoms with Gasteiger partial charge in [-0.1, -0.05) is 62.7 Å². The third kappa shape index (κ3) is 5.74. The zero-order valence-electron chi connectivity index (χ0n) is 18.4. The largest absolute Gasteiger partial charge is 0.412 e. The fourth-order valence-electron chi connectivity index (χ4n) is 3.58. The van der Waals surface area contributed by atoms with Gasteiger partial charge in [-0.05, 0) is 36.2 Å². The van der Waals surface area contributed by atoms with E-state index in [0.717, 1.165) is 10.9 Å². The Kier molecular flexibility index (Phi) is 7.21. The van der Waals surface area contributed by atoms with E-state index in [2.05, 4.69) is 36.1 Å². The molecule has 3 atom stereocenters. The molecule has 0 bridgehead atoms. The highest BCUT2D eigenvalue weighted by Crippen LogP contribution is 2.32. The van der Waals surface area contributed by atoms with Crippen molar-refractivity contribution in [1.29, 1.82) is 0 Å². The summed E-state index contributed by atoms with van der Waals surface area (Å²) in [5.74, 6) is -0.328. The molecule has 31 heavy (non-hydrogen) atoms. The molecule has 165 valence electrons. The number of hydrogen-bond donors (Lipinski definition) is 3. The summed E-state index contributed by atoms with van der Waals surface area (Å²) in [6.07, 6.45) is 0.265. The van der Waals surface area contributed by atoms with Gasteiger partial charge in [-0.3, -0.25) is 4.79 Å². The minimum atomic E-state index is -1.09. The van der Waals surface area contributed by atoms with Crippen molar-refractivity contribution in [2.75, 3.05) is 0 Å². The molecule has 3 rings (SSSR count). The summed E-state index contributed by atoms with van der Waals surface area (Å²) in [6.45, 7) is 10.2. The molecule has 3 N–H and O–H groups in total. The summed E-state index contributed by atoms with van der Waals surface area (Å²) in [5.41, 5.74) is 1.49. The van der Waals surface area contributed by atoms with Crippen molar-refractivity contribution in [2.45, 2.75) is 52.1 Å². The third-order valence-corrected chi connectivity index (χ3v) is 5.97. The highest BCUT2D eigenvalue weighted by atomic mass is 35.5. The molecule has 0 saturated carbocycles. The van der Waals surface area contributed by atoms with Gasteiger partial charge < -0.3 is 19.8 Å². The van der Waals surface area contributed by atoms with Crippen molar-refractivity contribution in [2.24, 2.45) is 5.41 Å². The van der Waals surface area contributed by atoms with E-state index in [0.29, 0.717) is 16.4 Å². The van der Waals surface area contributed by atoms with Crippen LogP contribution in [0.25, 0.3) is 10.9 Å². The maximum Gasteiger partial charge on any atom is 0.268 e. The lowest BCUT2D eigenvalue weighted by molar-refractivity contribution is -0.00534. The van der Waals surface area contributed by atoms with Gasteiger partial charge in [-0.2, -0.15) is 0 Å². The Balaban J connectivity index is 1.96. The Morgan fingerprint density at radius 3 is 2.52 bits per heavy atom. The van der Waals surface area contributed by atoms with Gasteiger partial charge in [0.2, 0.25) is 9.04 Å². The standard InChI is InChI=1S/C23H29ClN3O3Si/c1-23(2,3)21(30-31(4)5)19(20(28)14-9-7-6-8-10-14)27-22(29)16-11-15-12-18(24)25-13-17(15)26-16/h6-13,19-21,26,28H,1-5H3,(H,27,29)/t19-,20-,21?/m0/s1. The number of halogens is 1. The van der Waals surface area contributed by atoms with Crippen LogP contribution in [0, 0.1) is 5.41 Å². The van der Waals surface area contributed by atoms with Crippen molar-refractivity contribution >= 4 is 37.5 Å². The monoisotopic (exact) mass is 458 g/mol. The number of aliphatic hydroxyl groups is 1. The second kappa shape index (κ2) is 9.52. The normalized spacial score (nSPS) is 15.1. The smallest absolute Gasteiger partial charge is 0.268 e. The molecule has 1 aromatic carbocycles. The first kappa shape index (κ1) is 23.5. The number of hydrogen-bond acceptors (Lipinski definition) is 4. The lowest BCUT2D eigenvalue weighted by atomic mass is 9.81. The number of carbonyl (C=O) groups is 1. The average Bonchev–Trinajstić information content (AvgIpc) is 3.13. The predicted molar refractivity (Wildman–Crippen MR) is 126 cm³/mol. The number of aromatic amines is 1. The summed E-state index contributed by atoms with van der Waals surface area (Å²) >= 11 is 5.97. The Morgan fingerprint density at radius 1 is 1.23 bits per heavy atom. The highest BCUT2D eigenvalue weighted by molar-refractivity contribution is 6.48. The molecular formula is C23H29ClN3O3Si. The Hall–Kier alpha value is -2.19. The van der Waals surface area contributed by atoms with E-state index in [1.54, 1.807) is 18.3 Å². The fraction of sp³-hybridized carbons (Fsp3) is 0.391. The van der Waals surface area contributed by atoms with Gasteiger partial charge in [-0.25, -0.2) is 4.98 Å². The van der Waals surface area contributed by atoms with E-state index in [9.17, 15) is 9.90 Å². The quantitative estimate of drug-likeness (QED) is 0.352. The number of fused-ring (bicyclic) bond motifs is 1. The van der Waals surface area contributed by atoms with Crippen LogP contribution in [-0.4, -0.2) is 42.2 Å². The minimum absolute atomic E-state index is 0.312. The molecule has 1 unspecified atom stereocenters. The Morgan fingerprint density at radius 2 is 1.90 bits per heavy atom. The first-order valence-electron chi connectivity index (χ1n) is 10.2. The van der Waals surface area contributed by atoms with Crippen LogP contribution in [0.2, 0.25) is 18.2 Å². The lowest BCUT2D eigenvalue weighted by Gasteiger charge is -2.40. The van der Waals surface area contributed by atoms with Gasteiger partial charge in [0.25, 0.3) is 5.91 Å². The zero-order valence-corrected chi connectivity index (χ0v) is 20.2. The number of amides is 1. The number of carbonyl (C=O) groups excluding carboxylic acids is 1. The second-order valence-electron chi connectivity index (χ2n) is 8.94. The van der Waals surface area contributed by atoms with Gasteiger partial charge in [-0.15, -0.1) is 0 Å². The summed E-state index contributed by atoms with van der Waals surface area (Å²) in [7, 11) is -1.09. The van der Waals surface area contributed by atoms with E-state index in [1.165, 1.54) is 0 Å². The zero-order chi connectivity index (χ0) is 22.8. The van der Waals surface area contributed by atoms with E-state index in [1.807, 2.05) is 43.4 Å². The summed E-state index contributed by atoms with van der Waals surface area (Å²) in [5, 5.41) is 15.5. The second-order valence-corrected chi connectivity index (χ2v) is 11.4. The topological polar surface area (TPSA) is 87.2 Å². The van der Waals surface area contributed by atoms with Crippen LogP contribution in [0.15, 0.2) is 48.7 Å². The first-order valence-corrected chi connectivity index (χ1v) is 13.0. The van der Waals surface area contributed by atoms with Gasteiger partial charge in [0, 0.05) is 5.39 Å². The molecule has 0 spiro atoms. The van der Waals surface area contributed by atoms with Crippen molar-refractivity contribution in [1.82, 2.24) is 15.3 Å². The number of benzene rings is 1. The maximum absolute atomic E-state index is 13.2. The molecule has 0 saturated heterocycles. The molecule has 8 heteroatoms. The summed E-state index contributed by atoms with van der Waals surface area (Å²) in [6, 6.07) is 12.1. The molecule has 0 fully saturated rings. The van der Waals surface area contributed by atoms with Crippen LogP contribution in [0.4, 0.5) is 0 Å². The van der Waals surface area contributed by atoms with Crippen LogP contribution < -0.4 is 5.32 Å². The van der Waals surface area contributed by atoms with Crippen molar-refractivity contribution in [3.8, 4) is 0 Å². The first-order chi connectivity index (χ1) is 14.6. The van der Waals surface area contributed by atoms with Crippen molar-refractivity contribution < 1.29 is 14.3 Å². The van der Waals surface area contributed by atoms with Gasteiger partial charge >= 0.3 is 0 Å². The summed E-state index contributed by atoms with van der Waals surface area (Å²) in [4.78, 5) is 20.3. The third-order valence-electron chi connectivity index (χ3n) is 5.04. The molecular weight excluding hydrogens is 430 g/mol. The van der Waals surface area contributed by atoms with E-state index < -0.39 is 27.3 Å². The van der Waals surface area contributed by atoms with Gasteiger partial charge in [0.1, 0.15) is 17.0 Å². The molecule has 0 aliphatic carbocycles.